The summed E-state index contributed by atoms with van der Waals surface area (Å²) in [6, 6.07) is 4.92. The van der Waals surface area contributed by atoms with Crippen molar-refractivity contribution in [2.75, 3.05) is 0 Å². The van der Waals surface area contributed by atoms with Crippen molar-refractivity contribution in [3.8, 4) is 18.1 Å². The number of carbonyl (C=O) groups excluding carboxylic acids is 1. The molecule has 0 aliphatic heterocycles. The SMILES string of the molecule is C#CCC(CC)NC(=O)c1ccc(C)cc1O. The van der Waals surface area contributed by atoms with E-state index in [1.807, 2.05) is 13.8 Å². The Morgan fingerprint density at radius 3 is 2.82 bits per heavy atom. The maximum Gasteiger partial charge on any atom is 0.255 e. The Morgan fingerprint density at radius 1 is 1.59 bits per heavy atom. The van der Waals surface area contributed by atoms with Gasteiger partial charge in [-0.1, -0.05) is 13.0 Å². The summed E-state index contributed by atoms with van der Waals surface area (Å²) in [5.74, 6) is 2.23. The number of hydrogen-bond donors (Lipinski definition) is 2. The van der Waals surface area contributed by atoms with Gasteiger partial charge >= 0.3 is 0 Å². The number of benzene rings is 1. The number of nitrogens with one attached hydrogen (secondary N) is 1. The van der Waals surface area contributed by atoms with Gasteiger partial charge in [-0.15, -0.1) is 12.3 Å². The molecule has 3 heteroatoms. The van der Waals surface area contributed by atoms with Crippen molar-refractivity contribution >= 4 is 5.91 Å². The molecule has 1 atom stereocenters. The summed E-state index contributed by atoms with van der Waals surface area (Å²) in [7, 11) is 0. The van der Waals surface area contributed by atoms with E-state index in [4.69, 9.17) is 6.42 Å². The van der Waals surface area contributed by atoms with Crippen LogP contribution in [0.25, 0.3) is 0 Å². The van der Waals surface area contributed by atoms with Crippen LogP contribution in [0.5, 0.6) is 5.75 Å². The van der Waals surface area contributed by atoms with Crippen LogP contribution < -0.4 is 5.32 Å². The predicted molar refractivity (Wildman–Crippen MR) is 67.8 cm³/mol. The summed E-state index contributed by atoms with van der Waals surface area (Å²) in [6.07, 6.45) is 6.48. The van der Waals surface area contributed by atoms with E-state index < -0.39 is 0 Å². The summed E-state index contributed by atoms with van der Waals surface area (Å²) in [6.45, 7) is 3.81. The molecule has 0 saturated carbocycles. The van der Waals surface area contributed by atoms with E-state index in [1.165, 1.54) is 0 Å². The van der Waals surface area contributed by atoms with Crippen molar-refractivity contribution in [2.45, 2.75) is 32.7 Å². The number of amides is 1. The molecule has 0 radical (unpaired) electrons. The van der Waals surface area contributed by atoms with Gasteiger partial charge in [0.1, 0.15) is 5.75 Å². The number of aromatic hydroxyl groups is 1. The van der Waals surface area contributed by atoms with E-state index in [1.54, 1.807) is 18.2 Å². The van der Waals surface area contributed by atoms with Crippen molar-refractivity contribution in [2.24, 2.45) is 0 Å². The van der Waals surface area contributed by atoms with Gasteiger partial charge in [-0.3, -0.25) is 4.79 Å². The Balaban J connectivity index is 2.79. The van der Waals surface area contributed by atoms with Crippen LogP contribution in [0.3, 0.4) is 0 Å². The van der Waals surface area contributed by atoms with Crippen molar-refractivity contribution in [3.05, 3.63) is 29.3 Å². The van der Waals surface area contributed by atoms with Crippen LogP contribution in [0.4, 0.5) is 0 Å². The summed E-state index contributed by atoms with van der Waals surface area (Å²) in [4.78, 5) is 11.9. The molecule has 2 N–H and O–H groups in total. The molecule has 1 rings (SSSR count). The minimum atomic E-state index is -0.287. The number of phenols is 1. The molecule has 0 spiro atoms. The van der Waals surface area contributed by atoms with Crippen LogP contribution in [-0.2, 0) is 0 Å². The average Bonchev–Trinajstić information content (AvgIpc) is 2.28. The molecule has 1 aromatic rings. The van der Waals surface area contributed by atoms with E-state index in [2.05, 4.69) is 11.2 Å². The first-order valence-corrected chi connectivity index (χ1v) is 5.62. The van der Waals surface area contributed by atoms with E-state index in [9.17, 15) is 9.90 Å². The fraction of sp³-hybridized carbons (Fsp3) is 0.357. The smallest absolute Gasteiger partial charge is 0.255 e. The van der Waals surface area contributed by atoms with Gasteiger partial charge in [0.25, 0.3) is 5.91 Å². The number of phenolic OH excluding ortho intramolecular Hbond substituents is 1. The van der Waals surface area contributed by atoms with E-state index in [-0.39, 0.29) is 23.3 Å². The Labute approximate surface area is 102 Å². The molecule has 1 unspecified atom stereocenters. The number of aryl methyl sites for hydroxylation is 1. The van der Waals surface area contributed by atoms with Crippen LogP contribution in [0, 0.1) is 19.3 Å². The zero-order valence-corrected chi connectivity index (χ0v) is 10.2. The Kier molecular flexibility index (Phi) is 4.59. The van der Waals surface area contributed by atoms with Gasteiger partial charge < -0.3 is 10.4 Å². The van der Waals surface area contributed by atoms with E-state index >= 15 is 0 Å². The zero-order valence-electron chi connectivity index (χ0n) is 10.2. The lowest BCUT2D eigenvalue weighted by Gasteiger charge is -2.14. The lowest BCUT2D eigenvalue weighted by molar-refractivity contribution is 0.0934. The molecule has 1 aromatic carbocycles. The third-order valence-corrected chi connectivity index (χ3v) is 2.59. The third kappa shape index (κ3) is 3.53. The summed E-state index contributed by atoms with van der Waals surface area (Å²) >= 11 is 0. The second-order valence-electron chi connectivity index (χ2n) is 4.01. The van der Waals surface area contributed by atoms with Crippen LogP contribution in [0.2, 0.25) is 0 Å². The molecule has 0 aliphatic rings. The van der Waals surface area contributed by atoms with Gasteiger partial charge in [0.05, 0.1) is 5.56 Å². The maximum atomic E-state index is 11.9. The van der Waals surface area contributed by atoms with Crippen LogP contribution in [-0.4, -0.2) is 17.1 Å². The highest BCUT2D eigenvalue weighted by Crippen LogP contribution is 2.18. The largest absolute Gasteiger partial charge is 0.507 e. The lowest BCUT2D eigenvalue weighted by Crippen LogP contribution is -2.34. The van der Waals surface area contributed by atoms with Crippen LogP contribution in [0.1, 0.15) is 35.7 Å². The lowest BCUT2D eigenvalue weighted by atomic mass is 10.1. The number of rotatable bonds is 4. The topological polar surface area (TPSA) is 49.3 Å². The highest BCUT2D eigenvalue weighted by atomic mass is 16.3. The molecule has 0 saturated heterocycles. The molecule has 90 valence electrons. The molecule has 0 fully saturated rings. The first-order chi connectivity index (χ1) is 8.08. The third-order valence-electron chi connectivity index (χ3n) is 2.59. The fourth-order valence-electron chi connectivity index (χ4n) is 1.54. The molecule has 0 aliphatic carbocycles. The number of terminal acetylenes is 1. The van der Waals surface area contributed by atoms with Gasteiger partial charge in [0.2, 0.25) is 0 Å². The van der Waals surface area contributed by atoms with Crippen LogP contribution in [0.15, 0.2) is 18.2 Å². The zero-order chi connectivity index (χ0) is 12.8. The molecule has 0 bridgehead atoms. The highest BCUT2D eigenvalue weighted by Gasteiger charge is 2.14. The molecular formula is C14H17NO2. The molecule has 0 heterocycles. The average molecular weight is 231 g/mol. The molecule has 3 nitrogen and oxygen atoms in total. The van der Waals surface area contributed by atoms with Crippen molar-refractivity contribution in [1.29, 1.82) is 0 Å². The van der Waals surface area contributed by atoms with Crippen molar-refractivity contribution < 1.29 is 9.90 Å². The predicted octanol–water partition coefficient (Wildman–Crippen LogP) is 2.23. The Morgan fingerprint density at radius 2 is 2.29 bits per heavy atom. The van der Waals surface area contributed by atoms with E-state index in [0.29, 0.717) is 6.42 Å². The van der Waals surface area contributed by atoms with Gasteiger partial charge in [0, 0.05) is 12.5 Å². The standard InChI is InChI=1S/C14H17NO2/c1-4-6-11(5-2)15-14(17)12-8-7-10(3)9-13(12)16/h1,7-9,11,16H,5-6H2,2-3H3,(H,15,17). The summed E-state index contributed by atoms with van der Waals surface area (Å²) in [5.41, 5.74) is 1.20. The minimum absolute atomic E-state index is 0.00180. The number of hydrogen-bond acceptors (Lipinski definition) is 2. The quantitative estimate of drug-likeness (QED) is 0.781. The first kappa shape index (κ1) is 13.1. The van der Waals surface area contributed by atoms with Gasteiger partial charge in [-0.05, 0) is 31.0 Å². The molecule has 0 aromatic heterocycles. The van der Waals surface area contributed by atoms with Gasteiger partial charge in [-0.2, -0.15) is 0 Å². The maximum absolute atomic E-state index is 11.9. The normalized spacial score (nSPS) is 11.6. The monoisotopic (exact) mass is 231 g/mol. The fourth-order valence-corrected chi connectivity index (χ4v) is 1.54. The first-order valence-electron chi connectivity index (χ1n) is 5.62. The van der Waals surface area contributed by atoms with Crippen molar-refractivity contribution in [1.82, 2.24) is 5.32 Å². The molecule has 1 amide bonds. The number of carbonyl (C=O) groups is 1. The summed E-state index contributed by atoms with van der Waals surface area (Å²) < 4.78 is 0. The summed E-state index contributed by atoms with van der Waals surface area (Å²) in [5, 5.41) is 12.5. The van der Waals surface area contributed by atoms with Crippen LogP contribution >= 0.6 is 0 Å². The molecular weight excluding hydrogens is 214 g/mol. The van der Waals surface area contributed by atoms with Crippen molar-refractivity contribution in [3.63, 3.8) is 0 Å². The second-order valence-corrected chi connectivity index (χ2v) is 4.01. The second kappa shape index (κ2) is 5.95. The van der Waals surface area contributed by atoms with Gasteiger partial charge in [-0.25, -0.2) is 0 Å². The highest BCUT2D eigenvalue weighted by molar-refractivity contribution is 5.97. The Hall–Kier alpha value is -1.95. The van der Waals surface area contributed by atoms with Gasteiger partial charge in [0.15, 0.2) is 0 Å². The minimum Gasteiger partial charge on any atom is -0.507 e. The Bertz CT molecular complexity index is 446. The van der Waals surface area contributed by atoms with E-state index in [0.717, 1.165) is 12.0 Å². The molecule has 17 heavy (non-hydrogen) atoms.